The summed E-state index contributed by atoms with van der Waals surface area (Å²) in [6.07, 6.45) is 4.21. The Kier molecular flexibility index (Phi) is 1.83. The Labute approximate surface area is 82.1 Å². The zero-order chi connectivity index (χ0) is 9.85. The van der Waals surface area contributed by atoms with E-state index in [1.165, 1.54) is 19.3 Å². The Morgan fingerprint density at radius 3 is 2.15 bits per heavy atom. The van der Waals surface area contributed by atoms with Crippen LogP contribution in [0.3, 0.4) is 0 Å². The van der Waals surface area contributed by atoms with E-state index in [-0.39, 0.29) is 0 Å². The molecule has 0 aliphatic heterocycles. The molecule has 0 unspecified atom stereocenters. The van der Waals surface area contributed by atoms with E-state index in [1.54, 1.807) is 0 Å². The van der Waals surface area contributed by atoms with E-state index in [1.807, 2.05) is 0 Å². The van der Waals surface area contributed by atoms with Crippen molar-refractivity contribution in [3.63, 3.8) is 0 Å². The average Bonchev–Trinajstić information content (AvgIpc) is 2.34. The van der Waals surface area contributed by atoms with E-state index in [4.69, 9.17) is 5.73 Å². The molecule has 1 heteroatoms. The van der Waals surface area contributed by atoms with Crippen molar-refractivity contribution in [2.75, 3.05) is 0 Å². The molecule has 76 valence electrons. The van der Waals surface area contributed by atoms with Gasteiger partial charge in [0.15, 0.2) is 0 Å². The van der Waals surface area contributed by atoms with E-state index < -0.39 is 0 Å². The zero-order valence-electron chi connectivity index (χ0n) is 9.43. The number of rotatable bonds is 1. The summed E-state index contributed by atoms with van der Waals surface area (Å²) in [5.41, 5.74) is 7.14. The standard InChI is InChI=1S/C12H23N/c1-8(13)10-7-9-5-6-12(10,4)11(9,2)3/h8-10H,5-7,13H2,1-4H3/t8-,9-,10-,12-/m1/s1. The molecule has 13 heavy (non-hydrogen) atoms. The van der Waals surface area contributed by atoms with Gasteiger partial charge in [0.25, 0.3) is 0 Å². The Bertz CT molecular complexity index is 219. The van der Waals surface area contributed by atoms with Crippen LogP contribution in [0.5, 0.6) is 0 Å². The third-order valence-electron chi connectivity index (χ3n) is 5.50. The van der Waals surface area contributed by atoms with Crippen LogP contribution >= 0.6 is 0 Å². The number of hydrogen-bond donors (Lipinski definition) is 1. The molecule has 2 rings (SSSR count). The van der Waals surface area contributed by atoms with Crippen LogP contribution in [0.2, 0.25) is 0 Å². The van der Waals surface area contributed by atoms with Crippen molar-refractivity contribution >= 4 is 0 Å². The maximum absolute atomic E-state index is 6.09. The maximum atomic E-state index is 6.09. The van der Waals surface area contributed by atoms with E-state index in [9.17, 15) is 0 Å². The van der Waals surface area contributed by atoms with Gasteiger partial charge in [-0.1, -0.05) is 20.8 Å². The van der Waals surface area contributed by atoms with E-state index >= 15 is 0 Å². The largest absolute Gasteiger partial charge is 0.328 e. The topological polar surface area (TPSA) is 26.0 Å². The highest BCUT2D eigenvalue weighted by Crippen LogP contribution is 2.68. The second-order valence-electron chi connectivity index (χ2n) is 6.08. The van der Waals surface area contributed by atoms with Crippen LogP contribution < -0.4 is 5.73 Å². The summed E-state index contributed by atoms with van der Waals surface area (Å²) in [5.74, 6) is 1.70. The number of fused-ring (bicyclic) bond motifs is 2. The Morgan fingerprint density at radius 2 is 1.92 bits per heavy atom. The lowest BCUT2D eigenvalue weighted by molar-refractivity contribution is 0.0911. The molecule has 2 N–H and O–H groups in total. The van der Waals surface area contributed by atoms with Crippen molar-refractivity contribution in [3.8, 4) is 0 Å². The fourth-order valence-corrected chi connectivity index (χ4v) is 4.06. The van der Waals surface area contributed by atoms with Crippen molar-refractivity contribution in [3.05, 3.63) is 0 Å². The van der Waals surface area contributed by atoms with Gasteiger partial charge in [-0.3, -0.25) is 0 Å². The van der Waals surface area contributed by atoms with Gasteiger partial charge in [-0.2, -0.15) is 0 Å². The predicted octanol–water partition coefficient (Wildman–Crippen LogP) is 2.80. The first-order chi connectivity index (χ1) is 5.89. The fourth-order valence-electron chi connectivity index (χ4n) is 4.06. The second-order valence-corrected chi connectivity index (χ2v) is 6.08. The molecule has 0 heterocycles. The molecule has 0 radical (unpaired) electrons. The van der Waals surface area contributed by atoms with Crippen LogP contribution in [0.1, 0.15) is 47.0 Å². The lowest BCUT2D eigenvalue weighted by Crippen LogP contribution is -2.40. The van der Waals surface area contributed by atoms with Crippen LogP contribution in [-0.4, -0.2) is 6.04 Å². The molecule has 0 aromatic rings. The van der Waals surface area contributed by atoms with E-state index in [0.29, 0.717) is 16.9 Å². The summed E-state index contributed by atoms with van der Waals surface area (Å²) in [6.45, 7) is 9.56. The predicted molar refractivity (Wildman–Crippen MR) is 56.4 cm³/mol. The highest BCUT2D eigenvalue weighted by atomic mass is 14.7. The van der Waals surface area contributed by atoms with Crippen LogP contribution in [0, 0.1) is 22.7 Å². The minimum absolute atomic E-state index is 0.384. The van der Waals surface area contributed by atoms with Gasteiger partial charge in [-0.15, -0.1) is 0 Å². The minimum Gasteiger partial charge on any atom is -0.328 e. The van der Waals surface area contributed by atoms with Crippen molar-refractivity contribution in [1.82, 2.24) is 0 Å². The summed E-state index contributed by atoms with van der Waals surface area (Å²) in [4.78, 5) is 0. The molecular weight excluding hydrogens is 158 g/mol. The van der Waals surface area contributed by atoms with Crippen LogP contribution in [0.4, 0.5) is 0 Å². The molecule has 0 spiro atoms. The molecule has 2 aliphatic rings. The Morgan fingerprint density at radius 1 is 1.31 bits per heavy atom. The molecule has 0 aromatic carbocycles. The molecule has 0 aromatic heterocycles. The van der Waals surface area contributed by atoms with Crippen molar-refractivity contribution in [1.29, 1.82) is 0 Å². The molecule has 0 amide bonds. The van der Waals surface area contributed by atoms with Gasteiger partial charge >= 0.3 is 0 Å². The van der Waals surface area contributed by atoms with E-state index in [0.717, 1.165) is 11.8 Å². The smallest absolute Gasteiger partial charge is 0.00442 e. The third-order valence-corrected chi connectivity index (χ3v) is 5.50. The summed E-state index contributed by atoms with van der Waals surface area (Å²) >= 11 is 0. The van der Waals surface area contributed by atoms with Gasteiger partial charge in [-0.25, -0.2) is 0 Å². The lowest BCUT2D eigenvalue weighted by atomic mass is 9.65. The minimum atomic E-state index is 0.384. The molecule has 0 saturated heterocycles. The molecule has 2 bridgehead atoms. The normalized spacial score (nSPS) is 49.6. The molecule has 4 atom stereocenters. The van der Waals surface area contributed by atoms with Gasteiger partial charge in [0, 0.05) is 6.04 Å². The SMILES string of the molecule is C[C@@H](N)[C@H]1C[C@H]2CC[C@@]1(C)C2(C)C. The van der Waals surface area contributed by atoms with Gasteiger partial charge in [0.1, 0.15) is 0 Å². The van der Waals surface area contributed by atoms with Crippen LogP contribution in [0.15, 0.2) is 0 Å². The lowest BCUT2D eigenvalue weighted by Gasteiger charge is -2.41. The Balaban J connectivity index is 2.33. The van der Waals surface area contributed by atoms with Crippen molar-refractivity contribution in [2.45, 2.75) is 53.0 Å². The average molecular weight is 181 g/mol. The maximum Gasteiger partial charge on any atom is 0.00442 e. The van der Waals surface area contributed by atoms with Gasteiger partial charge in [0.2, 0.25) is 0 Å². The first-order valence-corrected chi connectivity index (χ1v) is 5.65. The first kappa shape index (κ1) is 9.51. The summed E-state index contributed by atoms with van der Waals surface area (Å²) in [7, 11) is 0. The molecular formula is C12H23N. The highest BCUT2D eigenvalue weighted by molar-refractivity contribution is 5.11. The van der Waals surface area contributed by atoms with Gasteiger partial charge in [-0.05, 0) is 48.9 Å². The van der Waals surface area contributed by atoms with Crippen molar-refractivity contribution in [2.24, 2.45) is 28.4 Å². The highest BCUT2D eigenvalue weighted by Gasteiger charge is 2.61. The number of hydrogen-bond acceptors (Lipinski definition) is 1. The number of nitrogens with two attached hydrogens (primary N) is 1. The van der Waals surface area contributed by atoms with Gasteiger partial charge < -0.3 is 5.73 Å². The second kappa shape index (κ2) is 2.50. The summed E-state index contributed by atoms with van der Waals surface area (Å²) < 4.78 is 0. The van der Waals surface area contributed by atoms with Crippen LogP contribution in [-0.2, 0) is 0 Å². The molecule has 1 nitrogen and oxygen atoms in total. The summed E-state index contributed by atoms with van der Waals surface area (Å²) in [5, 5.41) is 0. The molecule has 2 aliphatic carbocycles. The monoisotopic (exact) mass is 181 g/mol. The quantitative estimate of drug-likeness (QED) is 0.661. The third kappa shape index (κ3) is 0.971. The molecule has 2 fully saturated rings. The van der Waals surface area contributed by atoms with E-state index in [2.05, 4.69) is 27.7 Å². The van der Waals surface area contributed by atoms with Crippen molar-refractivity contribution < 1.29 is 0 Å². The van der Waals surface area contributed by atoms with Gasteiger partial charge in [0.05, 0.1) is 0 Å². The van der Waals surface area contributed by atoms with Crippen LogP contribution in [0.25, 0.3) is 0 Å². The Hall–Kier alpha value is -0.0400. The summed E-state index contributed by atoms with van der Waals surface area (Å²) in [6, 6.07) is 0.384. The molecule has 2 saturated carbocycles. The fraction of sp³-hybridized carbons (Fsp3) is 1.00. The first-order valence-electron chi connectivity index (χ1n) is 5.65. The zero-order valence-corrected chi connectivity index (χ0v) is 9.43.